The zero-order valence-electron chi connectivity index (χ0n) is 10.2. The van der Waals surface area contributed by atoms with Crippen LogP contribution in [0.2, 0.25) is 0 Å². The fraction of sp³-hybridized carbons (Fsp3) is 0.571. The Labute approximate surface area is 97.9 Å². The van der Waals surface area contributed by atoms with Crippen LogP contribution < -0.4 is 0 Å². The zero-order chi connectivity index (χ0) is 11.5. The Kier molecular flexibility index (Phi) is 3.62. The Morgan fingerprint density at radius 3 is 2.75 bits per heavy atom. The highest BCUT2D eigenvalue weighted by molar-refractivity contribution is 5.36. The van der Waals surface area contributed by atoms with Gasteiger partial charge < -0.3 is 10.0 Å². The summed E-state index contributed by atoms with van der Waals surface area (Å²) in [6.07, 6.45) is 4.17. The van der Waals surface area contributed by atoms with Gasteiger partial charge in [-0.05, 0) is 56.5 Å². The Morgan fingerprint density at radius 1 is 1.25 bits per heavy atom. The first-order valence-electron chi connectivity index (χ1n) is 6.11. The van der Waals surface area contributed by atoms with Crippen molar-refractivity contribution in [1.29, 1.82) is 0 Å². The first-order chi connectivity index (χ1) is 7.66. The lowest BCUT2D eigenvalue weighted by Gasteiger charge is -2.15. The smallest absolute Gasteiger partial charge is 0.0802 e. The number of nitrogens with zero attached hydrogens (tertiary/aromatic N) is 1. The van der Waals surface area contributed by atoms with Crippen molar-refractivity contribution in [2.75, 3.05) is 20.6 Å². The van der Waals surface area contributed by atoms with Crippen molar-refractivity contribution in [3.05, 3.63) is 34.9 Å². The van der Waals surface area contributed by atoms with Crippen molar-refractivity contribution in [1.82, 2.24) is 4.90 Å². The van der Waals surface area contributed by atoms with Crippen LogP contribution in [0.1, 0.15) is 35.6 Å². The van der Waals surface area contributed by atoms with E-state index in [1.807, 2.05) is 14.1 Å². The molecule has 2 heteroatoms. The quantitative estimate of drug-likeness (QED) is 0.839. The first kappa shape index (κ1) is 11.6. The minimum Gasteiger partial charge on any atom is -0.388 e. The number of hydrogen-bond donors (Lipinski definition) is 1. The molecule has 2 nitrogen and oxygen atoms in total. The molecule has 1 aliphatic rings. The third kappa shape index (κ3) is 2.63. The van der Waals surface area contributed by atoms with Gasteiger partial charge in [0.05, 0.1) is 6.10 Å². The fourth-order valence-corrected chi connectivity index (χ4v) is 2.35. The summed E-state index contributed by atoms with van der Waals surface area (Å²) in [7, 11) is 4.07. The van der Waals surface area contributed by atoms with E-state index in [9.17, 15) is 5.11 Å². The standard InChI is InChI=1S/C14H21NO/c1-15(2)9-8-14(16)13-7-6-11-4-3-5-12(11)10-13/h6-7,10,14,16H,3-5,8-9H2,1-2H3. The maximum Gasteiger partial charge on any atom is 0.0802 e. The van der Waals surface area contributed by atoms with Crippen LogP contribution in [0.15, 0.2) is 18.2 Å². The van der Waals surface area contributed by atoms with Crippen molar-refractivity contribution < 1.29 is 5.11 Å². The first-order valence-corrected chi connectivity index (χ1v) is 6.11. The zero-order valence-corrected chi connectivity index (χ0v) is 10.2. The molecule has 1 atom stereocenters. The molecule has 2 rings (SSSR count). The van der Waals surface area contributed by atoms with Gasteiger partial charge in [0.1, 0.15) is 0 Å². The highest BCUT2D eigenvalue weighted by Gasteiger charge is 2.14. The Bertz CT molecular complexity index is 360. The van der Waals surface area contributed by atoms with Crippen LogP contribution in [0.5, 0.6) is 0 Å². The molecule has 0 spiro atoms. The number of fused-ring (bicyclic) bond motifs is 1. The molecule has 0 radical (unpaired) electrons. The van der Waals surface area contributed by atoms with E-state index in [2.05, 4.69) is 23.1 Å². The predicted octanol–water partition coefficient (Wildman–Crippen LogP) is 2.16. The van der Waals surface area contributed by atoms with Crippen LogP contribution in [0, 0.1) is 0 Å². The molecule has 1 aromatic rings. The lowest BCUT2D eigenvalue weighted by molar-refractivity contribution is 0.154. The van der Waals surface area contributed by atoms with E-state index in [0.717, 1.165) is 18.5 Å². The Morgan fingerprint density at radius 2 is 2.00 bits per heavy atom. The number of aliphatic hydroxyl groups excluding tert-OH is 1. The number of rotatable bonds is 4. The third-order valence-corrected chi connectivity index (χ3v) is 3.36. The summed E-state index contributed by atoms with van der Waals surface area (Å²) in [5.74, 6) is 0. The Hall–Kier alpha value is -0.860. The van der Waals surface area contributed by atoms with Gasteiger partial charge >= 0.3 is 0 Å². The third-order valence-electron chi connectivity index (χ3n) is 3.36. The normalized spacial score (nSPS) is 16.5. The molecule has 1 aliphatic carbocycles. The summed E-state index contributed by atoms with van der Waals surface area (Å²) in [6, 6.07) is 6.48. The lowest BCUT2D eigenvalue weighted by Crippen LogP contribution is -2.15. The molecule has 1 unspecified atom stereocenters. The summed E-state index contributed by atoms with van der Waals surface area (Å²) < 4.78 is 0. The van der Waals surface area contributed by atoms with Gasteiger partial charge in [-0.1, -0.05) is 18.2 Å². The number of aryl methyl sites for hydroxylation is 2. The summed E-state index contributed by atoms with van der Waals surface area (Å²) >= 11 is 0. The molecule has 0 amide bonds. The highest BCUT2D eigenvalue weighted by atomic mass is 16.3. The van der Waals surface area contributed by atoms with Crippen LogP contribution in [0.3, 0.4) is 0 Å². The van der Waals surface area contributed by atoms with Gasteiger partial charge in [0.25, 0.3) is 0 Å². The number of benzene rings is 1. The molecular formula is C14H21NO. The molecule has 0 bridgehead atoms. The van der Waals surface area contributed by atoms with Gasteiger partial charge in [-0.25, -0.2) is 0 Å². The number of aliphatic hydroxyl groups is 1. The van der Waals surface area contributed by atoms with Crippen LogP contribution >= 0.6 is 0 Å². The molecule has 0 fully saturated rings. The topological polar surface area (TPSA) is 23.5 Å². The van der Waals surface area contributed by atoms with Crippen LogP contribution in [-0.2, 0) is 12.8 Å². The second-order valence-electron chi connectivity index (χ2n) is 4.99. The minimum atomic E-state index is -0.312. The SMILES string of the molecule is CN(C)CCC(O)c1ccc2c(c1)CCC2. The van der Waals surface area contributed by atoms with Crippen LogP contribution in [0.25, 0.3) is 0 Å². The molecule has 1 N–H and O–H groups in total. The summed E-state index contributed by atoms with van der Waals surface area (Å²) in [4.78, 5) is 2.11. The number of hydrogen-bond acceptors (Lipinski definition) is 2. The minimum absolute atomic E-state index is 0.312. The summed E-state index contributed by atoms with van der Waals surface area (Å²) in [6.45, 7) is 0.929. The molecule has 1 aromatic carbocycles. The van der Waals surface area contributed by atoms with Gasteiger partial charge in [0, 0.05) is 6.54 Å². The van der Waals surface area contributed by atoms with Crippen LogP contribution in [0.4, 0.5) is 0 Å². The Balaban J connectivity index is 2.03. The summed E-state index contributed by atoms with van der Waals surface area (Å²) in [5, 5.41) is 10.1. The van der Waals surface area contributed by atoms with Gasteiger partial charge in [0.15, 0.2) is 0 Å². The van der Waals surface area contributed by atoms with E-state index in [1.54, 1.807) is 0 Å². The predicted molar refractivity (Wildman–Crippen MR) is 66.6 cm³/mol. The van der Waals surface area contributed by atoms with Gasteiger partial charge in [-0.2, -0.15) is 0 Å². The molecule has 0 aromatic heterocycles. The maximum atomic E-state index is 10.1. The van der Waals surface area contributed by atoms with Gasteiger partial charge in [0.2, 0.25) is 0 Å². The monoisotopic (exact) mass is 219 g/mol. The van der Waals surface area contributed by atoms with E-state index in [-0.39, 0.29) is 6.10 Å². The molecule has 0 aliphatic heterocycles. The molecule has 0 saturated heterocycles. The molecular weight excluding hydrogens is 198 g/mol. The molecule has 16 heavy (non-hydrogen) atoms. The second kappa shape index (κ2) is 4.98. The molecule has 0 heterocycles. The fourth-order valence-electron chi connectivity index (χ4n) is 2.35. The van der Waals surface area contributed by atoms with E-state index in [0.29, 0.717) is 0 Å². The lowest BCUT2D eigenvalue weighted by atomic mass is 10.0. The maximum absolute atomic E-state index is 10.1. The highest BCUT2D eigenvalue weighted by Crippen LogP contribution is 2.26. The van der Waals surface area contributed by atoms with Crippen LogP contribution in [-0.4, -0.2) is 30.6 Å². The van der Waals surface area contributed by atoms with E-state index in [1.165, 1.54) is 30.4 Å². The van der Waals surface area contributed by atoms with E-state index < -0.39 is 0 Å². The molecule has 0 saturated carbocycles. The van der Waals surface area contributed by atoms with Crippen molar-refractivity contribution in [3.63, 3.8) is 0 Å². The van der Waals surface area contributed by atoms with Gasteiger partial charge in [-0.3, -0.25) is 0 Å². The van der Waals surface area contributed by atoms with E-state index >= 15 is 0 Å². The largest absolute Gasteiger partial charge is 0.388 e. The van der Waals surface area contributed by atoms with Crippen molar-refractivity contribution >= 4 is 0 Å². The van der Waals surface area contributed by atoms with Crippen molar-refractivity contribution in [2.45, 2.75) is 31.8 Å². The average Bonchev–Trinajstić information content (AvgIpc) is 2.72. The van der Waals surface area contributed by atoms with Crippen molar-refractivity contribution in [2.24, 2.45) is 0 Å². The summed E-state index contributed by atoms with van der Waals surface area (Å²) in [5.41, 5.74) is 4.01. The van der Waals surface area contributed by atoms with Crippen molar-refractivity contribution in [3.8, 4) is 0 Å². The second-order valence-corrected chi connectivity index (χ2v) is 4.99. The molecule has 88 valence electrons. The average molecular weight is 219 g/mol. The van der Waals surface area contributed by atoms with Gasteiger partial charge in [-0.15, -0.1) is 0 Å². The van der Waals surface area contributed by atoms with E-state index in [4.69, 9.17) is 0 Å².